The quantitative estimate of drug-likeness (QED) is 0.828. The molecule has 1 aromatic rings. The van der Waals surface area contributed by atoms with E-state index in [1.807, 2.05) is 6.92 Å². The zero-order chi connectivity index (χ0) is 11.5. The van der Waals surface area contributed by atoms with Crippen molar-refractivity contribution >= 4 is 17.2 Å². The zero-order valence-electron chi connectivity index (χ0n) is 9.67. The van der Waals surface area contributed by atoms with Crippen molar-refractivity contribution in [2.45, 2.75) is 39.3 Å². The fourth-order valence-electron chi connectivity index (χ4n) is 1.80. The molecule has 0 spiro atoms. The number of aromatic nitrogens is 1. The molecule has 1 aromatic heterocycles. The molecule has 0 radical (unpaired) electrons. The Labute approximate surface area is 99.5 Å². The predicted octanol–water partition coefficient (Wildman–Crippen LogP) is 1.13. The Balaban J connectivity index is 1.73. The maximum absolute atomic E-state index is 11.0. The first-order valence-electron chi connectivity index (χ1n) is 5.58. The van der Waals surface area contributed by atoms with Crippen LogP contribution in [-0.2, 0) is 11.3 Å². The zero-order valence-corrected chi connectivity index (χ0v) is 10.5. The number of rotatable bonds is 4. The summed E-state index contributed by atoms with van der Waals surface area (Å²) in [5, 5.41) is 7.40. The van der Waals surface area contributed by atoms with E-state index in [-0.39, 0.29) is 5.91 Å². The molecule has 1 aliphatic heterocycles. The van der Waals surface area contributed by atoms with Gasteiger partial charge in [0, 0.05) is 30.4 Å². The van der Waals surface area contributed by atoms with Crippen LogP contribution in [0.25, 0.3) is 0 Å². The number of thiazole rings is 1. The second-order valence-corrected chi connectivity index (χ2v) is 5.47. The molecule has 2 heterocycles. The monoisotopic (exact) mass is 239 g/mol. The highest BCUT2D eigenvalue weighted by molar-refractivity contribution is 7.11. The van der Waals surface area contributed by atoms with Crippen LogP contribution in [0, 0.1) is 13.8 Å². The highest BCUT2D eigenvalue weighted by atomic mass is 32.1. The van der Waals surface area contributed by atoms with Crippen molar-refractivity contribution in [3.8, 4) is 0 Å². The van der Waals surface area contributed by atoms with Crippen molar-refractivity contribution in [1.29, 1.82) is 0 Å². The summed E-state index contributed by atoms with van der Waals surface area (Å²) >= 11 is 1.74. The fraction of sp³-hybridized carbons (Fsp3) is 0.636. The molecule has 88 valence electrons. The van der Waals surface area contributed by atoms with Crippen LogP contribution in [0.2, 0.25) is 0 Å². The van der Waals surface area contributed by atoms with Gasteiger partial charge in [-0.1, -0.05) is 0 Å². The molecule has 0 saturated carbocycles. The average Bonchev–Trinajstić information content (AvgIpc) is 2.75. The molecule has 2 rings (SSSR count). The van der Waals surface area contributed by atoms with Crippen LogP contribution in [0.5, 0.6) is 0 Å². The highest BCUT2D eigenvalue weighted by Gasteiger charge is 2.19. The number of amides is 1. The van der Waals surface area contributed by atoms with E-state index in [0.29, 0.717) is 12.5 Å². The van der Waals surface area contributed by atoms with E-state index in [1.54, 1.807) is 11.3 Å². The maximum atomic E-state index is 11.0. The lowest BCUT2D eigenvalue weighted by Gasteiger charge is -2.09. The van der Waals surface area contributed by atoms with Crippen molar-refractivity contribution in [3.63, 3.8) is 0 Å². The Morgan fingerprint density at radius 3 is 2.94 bits per heavy atom. The van der Waals surface area contributed by atoms with Crippen LogP contribution in [0.1, 0.15) is 28.4 Å². The van der Waals surface area contributed by atoms with Crippen molar-refractivity contribution in [1.82, 2.24) is 15.6 Å². The average molecular weight is 239 g/mol. The molecule has 4 nitrogen and oxygen atoms in total. The maximum Gasteiger partial charge on any atom is 0.220 e. The molecule has 1 unspecified atom stereocenters. The summed E-state index contributed by atoms with van der Waals surface area (Å²) in [6.45, 7) is 5.76. The van der Waals surface area contributed by atoms with Gasteiger partial charge < -0.3 is 10.6 Å². The first kappa shape index (κ1) is 11.5. The summed E-state index contributed by atoms with van der Waals surface area (Å²) in [7, 11) is 0. The van der Waals surface area contributed by atoms with Crippen molar-refractivity contribution < 1.29 is 4.79 Å². The molecular weight excluding hydrogens is 222 g/mol. The lowest BCUT2D eigenvalue weighted by molar-refractivity contribution is -0.119. The number of aryl methyl sites for hydroxylation is 2. The van der Waals surface area contributed by atoms with Crippen LogP contribution in [0.3, 0.4) is 0 Å². The lowest BCUT2D eigenvalue weighted by atomic mass is 10.2. The number of nitrogens with one attached hydrogen (secondary N) is 2. The van der Waals surface area contributed by atoms with E-state index in [9.17, 15) is 4.79 Å². The standard InChI is InChI=1S/C11H17N3OS/c1-7-8(2)16-11(13-7)6-12-5-9-3-4-10(15)14-9/h9,12H,3-6H2,1-2H3,(H,14,15). The van der Waals surface area contributed by atoms with Crippen LogP contribution < -0.4 is 10.6 Å². The summed E-state index contributed by atoms with van der Waals surface area (Å²) in [4.78, 5) is 16.7. The van der Waals surface area contributed by atoms with E-state index in [4.69, 9.17) is 0 Å². The minimum absolute atomic E-state index is 0.174. The molecule has 1 amide bonds. The van der Waals surface area contributed by atoms with E-state index in [2.05, 4.69) is 22.5 Å². The normalized spacial score (nSPS) is 20.1. The van der Waals surface area contributed by atoms with Gasteiger partial charge in [-0.05, 0) is 20.3 Å². The van der Waals surface area contributed by atoms with E-state index < -0.39 is 0 Å². The minimum Gasteiger partial charge on any atom is -0.352 e. The minimum atomic E-state index is 0.174. The Bertz CT molecular complexity index is 369. The first-order chi connectivity index (χ1) is 7.65. The van der Waals surface area contributed by atoms with Gasteiger partial charge in [0.2, 0.25) is 5.91 Å². The molecule has 16 heavy (non-hydrogen) atoms. The Kier molecular flexibility index (Phi) is 3.56. The van der Waals surface area contributed by atoms with Gasteiger partial charge in [0.05, 0.1) is 5.69 Å². The van der Waals surface area contributed by atoms with Crippen molar-refractivity contribution in [2.24, 2.45) is 0 Å². The number of carbonyl (C=O) groups excluding carboxylic acids is 1. The predicted molar refractivity (Wildman–Crippen MR) is 64.5 cm³/mol. The summed E-state index contributed by atoms with van der Waals surface area (Å²) in [5.41, 5.74) is 1.12. The van der Waals surface area contributed by atoms with Crippen LogP contribution in [-0.4, -0.2) is 23.5 Å². The van der Waals surface area contributed by atoms with Crippen LogP contribution in [0.4, 0.5) is 0 Å². The van der Waals surface area contributed by atoms with Gasteiger partial charge in [0.25, 0.3) is 0 Å². The topological polar surface area (TPSA) is 54.0 Å². The molecule has 1 fully saturated rings. The van der Waals surface area contributed by atoms with E-state index in [1.165, 1.54) is 4.88 Å². The smallest absolute Gasteiger partial charge is 0.220 e. The highest BCUT2D eigenvalue weighted by Crippen LogP contribution is 2.16. The first-order valence-corrected chi connectivity index (χ1v) is 6.40. The van der Waals surface area contributed by atoms with Crippen molar-refractivity contribution in [3.05, 3.63) is 15.6 Å². The third-order valence-electron chi connectivity index (χ3n) is 2.82. The third kappa shape index (κ3) is 2.80. The summed E-state index contributed by atoms with van der Waals surface area (Å²) in [5.74, 6) is 0.174. The fourth-order valence-corrected chi connectivity index (χ4v) is 2.70. The van der Waals surface area contributed by atoms with Crippen LogP contribution >= 0.6 is 11.3 Å². The molecule has 0 aromatic carbocycles. The third-order valence-corrected chi connectivity index (χ3v) is 3.90. The number of hydrogen-bond donors (Lipinski definition) is 2. The Morgan fingerprint density at radius 1 is 1.56 bits per heavy atom. The Morgan fingerprint density at radius 2 is 2.38 bits per heavy atom. The summed E-state index contributed by atoms with van der Waals surface area (Å²) < 4.78 is 0. The van der Waals surface area contributed by atoms with E-state index in [0.717, 1.165) is 30.2 Å². The van der Waals surface area contributed by atoms with Gasteiger partial charge >= 0.3 is 0 Å². The molecule has 1 aliphatic rings. The number of hydrogen-bond acceptors (Lipinski definition) is 4. The van der Waals surface area contributed by atoms with Gasteiger partial charge in [-0.3, -0.25) is 4.79 Å². The van der Waals surface area contributed by atoms with E-state index >= 15 is 0 Å². The molecule has 0 aliphatic carbocycles. The molecule has 0 bridgehead atoms. The molecule has 1 atom stereocenters. The largest absolute Gasteiger partial charge is 0.352 e. The summed E-state index contributed by atoms with van der Waals surface area (Å²) in [6.07, 6.45) is 1.61. The second kappa shape index (κ2) is 4.93. The molecule has 2 N–H and O–H groups in total. The second-order valence-electron chi connectivity index (χ2n) is 4.18. The SMILES string of the molecule is Cc1nc(CNCC2CCC(=O)N2)sc1C. The van der Waals surface area contributed by atoms with Gasteiger partial charge in [0.15, 0.2) is 0 Å². The van der Waals surface area contributed by atoms with Gasteiger partial charge in [0.1, 0.15) is 5.01 Å². The lowest BCUT2D eigenvalue weighted by Crippen LogP contribution is -2.35. The molecule has 5 heteroatoms. The van der Waals surface area contributed by atoms with Gasteiger partial charge in [-0.25, -0.2) is 4.98 Å². The Hall–Kier alpha value is -0.940. The van der Waals surface area contributed by atoms with Gasteiger partial charge in [-0.2, -0.15) is 0 Å². The number of nitrogens with zero attached hydrogens (tertiary/aromatic N) is 1. The number of carbonyl (C=O) groups is 1. The van der Waals surface area contributed by atoms with Crippen LogP contribution in [0.15, 0.2) is 0 Å². The van der Waals surface area contributed by atoms with Gasteiger partial charge in [-0.15, -0.1) is 11.3 Å². The molecular formula is C11H17N3OS. The summed E-state index contributed by atoms with van der Waals surface area (Å²) in [6, 6.07) is 0.301. The van der Waals surface area contributed by atoms with Crippen molar-refractivity contribution in [2.75, 3.05) is 6.54 Å². The molecule has 1 saturated heterocycles.